The van der Waals surface area contributed by atoms with Gasteiger partial charge in [0.05, 0.1) is 17.7 Å². The Balaban J connectivity index is 1.47. The van der Waals surface area contributed by atoms with E-state index in [4.69, 9.17) is 31.8 Å². The molecule has 0 spiro atoms. The maximum atomic E-state index is 11.9. The first-order valence-corrected chi connectivity index (χ1v) is 11.5. The second kappa shape index (κ2) is 10.9. The van der Waals surface area contributed by atoms with Crippen LogP contribution >= 0.6 is 11.6 Å². The minimum absolute atomic E-state index is 0.237. The first-order chi connectivity index (χ1) is 14.5. The molecule has 0 aliphatic heterocycles. The molecule has 2 N–H and O–H groups in total. The molecule has 0 radical (unpaired) electrons. The Bertz CT molecular complexity index is 811. The summed E-state index contributed by atoms with van der Waals surface area (Å²) in [6.07, 6.45) is 8.39. The largest absolute Gasteiger partial charge is 0.489 e. The lowest BCUT2D eigenvalue weighted by atomic mass is 9.85. The maximum absolute atomic E-state index is 11.9. The summed E-state index contributed by atoms with van der Waals surface area (Å²) in [4.78, 5) is 16.7. The monoisotopic (exact) mass is 432 g/mol. The molecule has 0 heterocycles. The number of nitrogens with two attached hydrogens (primary N) is 1. The molecule has 0 atom stereocenters. The third-order valence-corrected chi connectivity index (χ3v) is 6.34. The number of ether oxygens (including phenoxy) is 2. The van der Waals surface area contributed by atoms with Gasteiger partial charge in [-0.2, -0.15) is 0 Å². The van der Waals surface area contributed by atoms with Crippen LogP contribution in [-0.4, -0.2) is 30.9 Å². The molecule has 0 aromatic heterocycles. The fourth-order valence-corrected chi connectivity index (χ4v) is 4.49. The maximum Gasteiger partial charge on any atom is 0.354 e. The highest BCUT2D eigenvalue weighted by molar-refractivity contribution is 6.32. The van der Waals surface area contributed by atoms with Crippen LogP contribution in [0.4, 0.5) is 0 Å². The summed E-state index contributed by atoms with van der Waals surface area (Å²) >= 11 is 6.26. The summed E-state index contributed by atoms with van der Waals surface area (Å²) in [5, 5.41) is 0.682. The molecular formula is C24H33ClN2O3. The van der Waals surface area contributed by atoms with E-state index in [-0.39, 0.29) is 11.8 Å². The van der Waals surface area contributed by atoms with E-state index >= 15 is 0 Å². The number of hydrogen-bond donors (Lipinski definition) is 1. The summed E-state index contributed by atoms with van der Waals surface area (Å²) in [6.45, 7) is 4.96. The Morgan fingerprint density at radius 3 is 2.73 bits per heavy atom. The predicted octanol–water partition coefficient (Wildman–Crippen LogP) is 5.38. The van der Waals surface area contributed by atoms with Crippen molar-refractivity contribution < 1.29 is 14.3 Å². The van der Waals surface area contributed by atoms with Crippen LogP contribution in [0.25, 0.3) is 0 Å². The Labute approximate surface area is 184 Å². The fraction of sp³-hybridized carbons (Fsp3) is 0.583. The molecule has 2 aliphatic rings. The highest BCUT2D eigenvalue weighted by Gasteiger charge is 2.24. The van der Waals surface area contributed by atoms with Gasteiger partial charge in [-0.15, -0.1) is 0 Å². The lowest BCUT2D eigenvalue weighted by molar-refractivity contribution is -0.138. The number of aliphatic imine (C=N–C) groups is 1. The quantitative estimate of drug-likeness (QED) is 0.463. The van der Waals surface area contributed by atoms with Crippen molar-refractivity contribution in [3.8, 4) is 5.75 Å². The normalized spacial score (nSPS) is 24.7. The van der Waals surface area contributed by atoms with Gasteiger partial charge in [-0.05, 0) is 88.8 Å². The van der Waals surface area contributed by atoms with Gasteiger partial charge in [-0.3, -0.25) is 4.99 Å². The molecule has 6 heteroatoms. The molecule has 0 saturated heterocycles. The van der Waals surface area contributed by atoms with Crippen molar-refractivity contribution in [2.75, 3.05) is 13.2 Å². The Morgan fingerprint density at radius 1 is 1.23 bits per heavy atom. The first-order valence-electron chi connectivity index (χ1n) is 11.1. The molecular weight excluding hydrogens is 400 g/mol. The second-order valence-corrected chi connectivity index (χ2v) is 8.69. The van der Waals surface area contributed by atoms with Gasteiger partial charge in [0.25, 0.3) is 0 Å². The number of hydrogen-bond acceptors (Lipinski definition) is 5. The van der Waals surface area contributed by atoms with Crippen LogP contribution in [0.2, 0.25) is 5.02 Å². The number of carbonyl (C=O) groups is 1. The molecule has 1 aromatic carbocycles. The van der Waals surface area contributed by atoms with Crippen LogP contribution in [0, 0.1) is 12.8 Å². The lowest BCUT2D eigenvalue weighted by Crippen LogP contribution is -2.24. The van der Waals surface area contributed by atoms with Crippen LogP contribution in [0.1, 0.15) is 63.9 Å². The number of benzene rings is 1. The number of allylic oxidation sites excluding steroid dienone is 1. The van der Waals surface area contributed by atoms with Crippen LogP contribution in [0.3, 0.4) is 0 Å². The van der Waals surface area contributed by atoms with Gasteiger partial charge in [0, 0.05) is 17.8 Å². The number of halogens is 1. The summed E-state index contributed by atoms with van der Waals surface area (Å²) in [5.74, 6) is 1.04. The molecule has 30 heavy (non-hydrogen) atoms. The van der Waals surface area contributed by atoms with Crippen molar-refractivity contribution in [2.24, 2.45) is 16.6 Å². The first kappa shape index (κ1) is 22.7. The van der Waals surface area contributed by atoms with Gasteiger partial charge >= 0.3 is 5.97 Å². The zero-order chi connectivity index (χ0) is 21.5. The number of carbonyl (C=O) groups excluding carboxylic acids is 1. The zero-order valence-electron chi connectivity index (χ0n) is 18.1. The molecule has 2 fully saturated rings. The average Bonchev–Trinajstić information content (AvgIpc) is 3.20. The Kier molecular flexibility index (Phi) is 8.20. The summed E-state index contributed by atoms with van der Waals surface area (Å²) in [7, 11) is 0. The number of aryl methyl sites for hydroxylation is 1. The number of nitrogens with zero attached hydrogens (tertiary/aromatic N) is 1. The smallest absolute Gasteiger partial charge is 0.354 e. The van der Waals surface area contributed by atoms with E-state index in [1.807, 2.05) is 25.1 Å². The van der Waals surface area contributed by atoms with Gasteiger partial charge < -0.3 is 15.2 Å². The van der Waals surface area contributed by atoms with Gasteiger partial charge in [0.1, 0.15) is 11.4 Å². The van der Waals surface area contributed by atoms with E-state index in [0.717, 1.165) is 80.5 Å². The molecule has 2 saturated carbocycles. The van der Waals surface area contributed by atoms with Crippen LogP contribution in [-0.2, 0) is 9.53 Å². The SMILES string of the molecule is CCOC(=O)C(N)=C1CCCC1=NCCC1CCC(Oc2cc(C)ccc2Cl)CC1. The molecule has 1 aromatic rings. The Morgan fingerprint density at radius 2 is 2.00 bits per heavy atom. The molecule has 0 amide bonds. The van der Waals surface area contributed by atoms with Crippen LogP contribution in [0.5, 0.6) is 5.75 Å². The minimum atomic E-state index is -0.422. The van der Waals surface area contributed by atoms with Crippen LogP contribution < -0.4 is 10.5 Å². The van der Waals surface area contributed by atoms with Crippen molar-refractivity contribution in [1.82, 2.24) is 0 Å². The summed E-state index contributed by atoms with van der Waals surface area (Å²) in [6, 6.07) is 5.91. The third kappa shape index (κ3) is 6.00. The number of esters is 1. The topological polar surface area (TPSA) is 73.9 Å². The fourth-order valence-electron chi connectivity index (χ4n) is 4.33. The van der Waals surface area contributed by atoms with Gasteiger partial charge in [0.15, 0.2) is 0 Å². The minimum Gasteiger partial charge on any atom is -0.489 e. The van der Waals surface area contributed by atoms with Crippen molar-refractivity contribution in [1.29, 1.82) is 0 Å². The molecule has 0 bridgehead atoms. The van der Waals surface area contributed by atoms with E-state index in [2.05, 4.69) is 0 Å². The number of rotatable bonds is 7. The summed E-state index contributed by atoms with van der Waals surface area (Å²) < 4.78 is 11.2. The van der Waals surface area contributed by atoms with Crippen molar-refractivity contribution in [3.05, 3.63) is 40.1 Å². The predicted molar refractivity (Wildman–Crippen MR) is 121 cm³/mol. The van der Waals surface area contributed by atoms with E-state index in [1.165, 1.54) is 0 Å². The zero-order valence-corrected chi connectivity index (χ0v) is 18.8. The van der Waals surface area contributed by atoms with Crippen molar-refractivity contribution in [2.45, 2.75) is 71.3 Å². The lowest BCUT2D eigenvalue weighted by Gasteiger charge is -2.29. The second-order valence-electron chi connectivity index (χ2n) is 8.28. The third-order valence-electron chi connectivity index (χ3n) is 6.02. The van der Waals surface area contributed by atoms with Gasteiger partial charge in [-0.1, -0.05) is 17.7 Å². The van der Waals surface area contributed by atoms with Gasteiger partial charge in [-0.25, -0.2) is 4.79 Å². The highest BCUT2D eigenvalue weighted by Crippen LogP contribution is 2.33. The highest BCUT2D eigenvalue weighted by atomic mass is 35.5. The average molecular weight is 433 g/mol. The Hall–Kier alpha value is -2.01. The van der Waals surface area contributed by atoms with E-state index in [0.29, 0.717) is 17.5 Å². The summed E-state index contributed by atoms with van der Waals surface area (Å²) in [5.41, 5.74) is 9.29. The van der Waals surface area contributed by atoms with Gasteiger partial charge in [0.2, 0.25) is 0 Å². The standard InChI is InChI=1S/C24H33ClN2O3/c1-3-29-24(28)23(26)19-5-4-6-21(19)27-14-13-17-8-10-18(11-9-17)30-22-15-16(2)7-12-20(22)25/h7,12,15,17-18H,3-6,8-11,13-14,26H2,1-2H3. The molecule has 2 aliphatic carbocycles. The van der Waals surface area contributed by atoms with Crippen molar-refractivity contribution >= 4 is 23.3 Å². The van der Waals surface area contributed by atoms with E-state index < -0.39 is 5.97 Å². The van der Waals surface area contributed by atoms with Crippen molar-refractivity contribution in [3.63, 3.8) is 0 Å². The molecule has 3 rings (SSSR count). The van der Waals surface area contributed by atoms with E-state index in [1.54, 1.807) is 6.92 Å². The molecule has 0 unspecified atom stereocenters. The van der Waals surface area contributed by atoms with Crippen LogP contribution in [0.15, 0.2) is 34.5 Å². The van der Waals surface area contributed by atoms with E-state index in [9.17, 15) is 4.79 Å². The molecule has 5 nitrogen and oxygen atoms in total. The molecule has 164 valence electrons.